The van der Waals surface area contributed by atoms with Gasteiger partial charge in [0.1, 0.15) is 0 Å². The average Bonchev–Trinajstić information content (AvgIpc) is 2.07. The van der Waals surface area contributed by atoms with Crippen LogP contribution in [0.1, 0.15) is 6.92 Å². The zero-order chi connectivity index (χ0) is 9.40. The fourth-order valence-electron chi connectivity index (χ4n) is 0.630. The summed E-state index contributed by atoms with van der Waals surface area (Å²) in [4.78, 5) is 0. The third kappa shape index (κ3) is 4.03. The van der Waals surface area contributed by atoms with E-state index in [-0.39, 0.29) is 5.75 Å². The van der Waals surface area contributed by atoms with Gasteiger partial charge in [0.05, 0.1) is 7.11 Å². The van der Waals surface area contributed by atoms with E-state index in [0.29, 0.717) is 5.75 Å². The van der Waals surface area contributed by atoms with Gasteiger partial charge in [0.2, 0.25) is 0 Å². The van der Waals surface area contributed by atoms with Gasteiger partial charge in [0, 0.05) is 10.2 Å². The summed E-state index contributed by atoms with van der Waals surface area (Å²) in [6.45, 7) is 2.19. The molecule has 0 aliphatic rings. The monoisotopic (exact) mass is 184 g/mol. The van der Waals surface area contributed by atoms with E-state index in [2.05, 4.69) is 6.92 Å². The number of methoxy groups -OCH3 is 1. The molecule has 0 aliphatic heterocycles. The molecule has 0 bridgehead atoms. The largest absolute Gasteiger partial charge is 0.504 e. The molecule has 2 nitrogen and oxygen atoms in total. The van der Waals surface area contributed by atoms with E-state index >= 15 is 0 Å². The molecule has 0 saturated carbocycles. The average molecular weight is 184 g/mol. The quantitative estimate of drug-likeness (QED) is 0.664. The van der Waals surface area contributed by atoms with Crippen LogP contribution in [0.4, 0.5) is 0 Å². The van der Waals surface area contributed by atoms with Gasteiger partial charge in [-0.05, 0) is 12.1 Å². The molecule has 1 rings (SSSR count). The molecular weight excluding hydrogens is 168 g/mol. The number of benzene rings is 1. The maximum absolute atomic E-state index is 8.99. The first-order valence-corrected chi connectivity index (χ1v) is 5.49. The Bertz CT molecular complexity index is 213. The Morgan fingerprint density at radius 2 is 1.92 bits per heavy atom. The molecule has 68 valence electrons. The van der Waals surface area contributed by atoms with E-state index in [4.69, 9.17) is 9.84 Å². The van der Waals surface area contributed by atoms with Crippen LogP contribution in [0.5, 0.6) is 11.5 Å². The number of phenolic OH excluding ortho intramolecular Hbond substituents is 1. The first kappa shape index (κ1) is 11.0. The molecule has 0 aromatic heterocycles. The van der Waals surface area contributed by atoms with Crippen molar-refractivity contribution in [2.75, 3.05) is 7.11 Å². The summed E-state index contributed by atoms with van der Waals surface area (Å²) in [6.07, 6.45) is 0. The van der Waals surface area contributed by atoms with Crippen molar-refractivity contribution in [1.29, 1.82) is 0 Å². The van der Waals surface area contributed by atoms with Crippen LogP contribution in [-0.2, 0) is 0 Å². The molecule has 3 heteroatoms. The van der Waals surface area contributed by atoms with Crippen LogP contribution >= 0.6 is 0 Å². The number of para-hydroxylation sites is 2. The Hall–Kier alpha value is -0.963. The van der Waals surface area contributed by atoms with Crippen LogP contribution in [0.3, 0.4) is 0 Å². The topological polar surface area (TPSA) is 29.5 Å². The Kier molecular flexibility index (Phi) is 6.19. The van der Waals surface area contributed by atoms with Crippen LogP contribution in [0.15, 0.2) is 24.3 Å². The molecule has 0 fully saturated rings. The number of hydrogen-bond acceptors (Lipinski definition) is 2. The fourth-order valence-corrected chi connectivity index (χ4v) is 0.630. The second kappa shape index (κ2) is 6.73. The lowest BCUT2D eigenvalue weighted by molar-refractivity contribution is 0.373. The minimum Gasteiger partial charge on any atom is -0.504 e. The molecule has 0 spiro atoms. The fraction of sp³-hybridized carbons (Fsp3) is 0.333. The van der Waals surface area contributed by atoms with Gasteiger partial charge in [-0.2, -0.15) is 0 Å². The molecule has 1 aromatic rings. The van der Waals surface area contributed by atoms with Crippen molar-refractivity contribution < 1.29 is 9.84 Å². The second-order valence-corrected chi connectivity index (χ2v) is 3.79. The van der Waals surface area contributed by atoms with Crippen LogP contribution in [-0.4, -0.2) is 22.5 Å². The normalized spacial score (nSPS) is 8.50. The van der Waals surface area contributed by atoms with Gasteiger partial charge >= 0.3 is 0 Å². The summed E-state index contributed by atoms with van der Waals surface area (Å²) in [5.41, 5.74) is 0. The van der Waals surface area contributed by atoms with Gasteiger partial charge in [0.15, 0.2) is 11.5 Å². The highest BCUT2D eigenvalue weighted by Gasteiger charge is 1.94. The molecule has 1 aromatic carbocycles. The zero-order valence-corrected chi connectivity index (χ0v) is 9.87. The third-order valence-electron chi connectivity index (χ3n) is 1.09. The minimum absolute atomic E-state index is 0.181. The first-order chi connectivity index (χ1) is 5.76. The lowest BCUT2D eigenvalue weighted by atomic mass is 10.3. The van der Waals surface area contributed by atoms with Gasteiger partial charge in [-0.1, -0.05) is 25.1 Å². The van der Waals surface area contributed by atoms with E-state index in [9.17, 15) is 0 Å². The molecule has 1 N–H and O–H groups in total. The molecule has 0 atom stereocenters. The number of phenols is 1. The van der Waals surface area contributed by atoms with Gasteiger partial charge in [0.25, 0.3) is 0 Å². The van der Waals surface area contributed by atoms with E-state index < -0.39 is 0 Å². The predicted molar refractivity (Wildman–Crippen MR) is 55.1 cm³/mol. The van der Waals surface area contributed by atoms with E-state index in [1.165, 1.54) is 23.4 Å². The summed E-state index contributed by atoms with van der Waals surface area (Å²) in [6, 6.07) is 8.23. The molecule has 0 heterocycles. The summed E-state index contributed by atoms with van der Waals surface area (Å²) >= 11 is 0. The second-order valence-electron chi connectivity index (χ2n) is 2.38. The Labute approximate surface area is 76.6 Å². The van der Waals surface area contributed by atoms with Crippen molar-refractivity contribution in [3.05, 3.63) is 24.3 Å². The third-order valence-corrected chi connectivity index (χ3v) is 1.09. The van der Waals surface area contributed by atoms with Gasteiger partial charge < -0.3 is 9.84 Å². The Morgan fingerprint density at radius 3 is 2.25 bits per heavy atom. The zero-order valence-electron chi connectivity index (χ0n) is 7.87. The number of hydrogen-bond donors (Lipinski definition) is 1. The lowest BCUT2D eigenvalue weighted by Gasteiger charge is -1.99. The maximum Gasteiger partial charge on any atom is 0.160 e. The van der Waals surface area contributed by atoms with Gasteiger partial charge in [-0.25, -0.2) is 0 Å². The van der Waals surface area contributed by atoms with E-state index in [1.54, 1.807) is 24.3 Å². The smallest absolute Gasteiger partial charge is 0.160 e. The van der Waals surface area contributed by atoms with Crippen molar-refractivity contribution in [3.63, 3.8) is 0 Å². The van der Waals surface area contributed by atoms with Crippen molar-refractivity contribution in [1.82, 2.24) is 0 Å². The Balaban J connectivity index is 0.000000354. The summed E-state index contributed by atoms with van der Waals surface area (Å²) in [7, 11) is 2.89. The van der Waals surface area contributed by atoms with Gasteiger partial charge in [-0.15, -0.1) is 0 Å². The first-order valence-electron chi connectivity index (χ1n) is 4.08. The summed E-state index contributed by atoms with van der Waals surface area (Å²) in [5, 5.41) is 8.99. The van der Waals surface area contributed by atoms with Crippen molar-refractivity contribution >= 4 is 10.2 Å². The number of rotatable bonds is 1. The minimum atomic E-state index is 0.181. The maximum atomic E-state index is 8.99. The van der Waals surface area contributed by atoms with Crippen LogP contribution in [0.25, 0.3) is 0 Å². The van der Waals surface area contributed by atoms with Crippen LogP contribution < -0.4 is 4.74 Å². The summed E-state index contributed by atoms with van der Waals surface area (Å²) in [5.74, 6) is 0.692. The van der Waals surface area contributed by atoms with Crippen molar-refractivity contribution in [2.45, 2.75) is 13.0 Å². The summed E-state index contributed by atoms with van der Waals surface area (Å²) < 4.78 is 4.79. The highest BCUT2D eigenvalue weighted by Crippen LogP contribution is 2.22. The van der Waals surface area contributed by atoms with E-state index in [1.807, 2.05) is 0 Å². The molecule has 0 aliphatic carbocycles. The molecule has 0 amide bonds. The van der Waals surface area contributed by atoms with Gasteiger partial charge in [-0.3, -0.25) is 0 Å². The standard InChI is InChI=1S/C7H8O2.C2H8Si/c1-9-7-5-3-2-4-6(7)8;1-2-3/h2-5,8H,1H3;2H2,1,3H3. The van der Waals surface area contributed by atoms with Crippen molar-refractivity contribution in [2.24, 2.45) is 0 Å². The van der Waals surface area contributed by atoms with Crippen LogP contribution in [0.2, 0.25) is 6.04 Å². The van der Waals surface area contributed by atoms with Crippen molar-refractivity contribution in [3.8, 4) is 11.5 Å². The SMILES string of the molecule is CC[SiH3].COc1ccccc1O. The molecule has 0 radical (unpaired) electrons. The molecular formula is C9H16O2Si. The highest BCUT2D eigenvalue weighted by molar-refractivity contribution is 6.08. The molecule has 0 unspecified atom stereocenters. The number of aromatic hydroxyl groups is 1. The highest BCUT2D eigenvalue weighted by atomic mass is 28.1. The number of ether oxygens (including phenoxy) is 1. The molecule has 12 heavy (non-hydrogen) atoms. The van der Waals surface area contributed by atoms with E-state index in [0.717, 1.165) is 0 Å². The lowest BCUT2D eigenvalue weighted by Crippen LogP contribution is -1.80. The molecule has 0 saturated heterocycles. The van der Waals surface area contributed by atoms with Crippen LogP contribution in [0, 0.1) is 0 Å². The predicted octanol–water partition coefficient (Wildman–Crippen LogP) is 1.19. The Morgan fingerprint density at radius 1 is 1.42 bits per heavy atom.